The van der Waals surface area contributed by atoms with Gasteiger partial charge < -0.3 is 10.1 Å². The first-order chi connectivity index (χ1) is 10.1. The van der Waals surface area contributed by atoms with Gasteiger partial charge in [0.2, 0.25) is 0 Å². The minimum Gasteiger partial charge on any atom is -0.378 e. The Morgan fingerprint density at radius 1 is 1.19 bits per heavy atom. The van der Waals surface area contributed by atoms with Crippen LogP contribution in [0.1, 0.15) is 85.5 Å². The van der Waals surface area contributed by atoms with Gasteiger partial charge in [0.1, 0.15) is 0 Å². The van der Waals surface area contributed by atoms with Crippen LogP contribution in [-0.2, 0) is 4.74 Å². The van der Waals surface area contributed by atoms with Gasteiger partial charge in [0.15, 0.2) is 0 Å². The van der Waals surface area contributed by atoms with E-state index in [-0.39, 0.29) is 0 Å². The van der Waals surface area contributed by atoms with Crippen LogP contribution in [0.2, 0.25) is 0 Å². The topological polar surface area (TPSA) is 21.3 Å². The minimum absolute atomic E-state index is 0.517. The molecule has 1 rings (SSSR count). The highest BCUT2D eigenvalue weighted by Gasteiger charge is 2.27. The Kier molecular flexibility index (Phi) is 9.59. The average molecular weight is 298 g/mol. The molecule has 0 radical (unpaired) electrons. The third kappa shape index (κ3) is 7.65. The zero-order valence-corrected chi connectivity index (χ0v) is 15.0. The zero-order chi connectivity index (χ0) is 15.6. The lowest BCUT2D eigenvalue weighted by atomic mass is 9.75. The van der Waals surface area contributed by atoms with E-state index < -0.39 is 0 Å². The fourth-order valence-electron chi connectivity index (χ4n) is 3.53. The van der Waals surface area contributed by atoms with Crippen LogP contribution in [0.25, 0.3) is 0 Å². The molecule has 0 bridgehead atoms. The van der Waals surface area contributed by atoms with Gasteiger partial charge in [-0.2, -0.15) is 0 Å². The molecule has 0 spiro atoms. The molecule has 1 saturated heterocycles. The zero-order valence-electron chi connectivity index (χ0n) is 15.0. The van der Waals surface area contributed by atoms with Crippen LogP contribution in [-0.4, -0.2) is 25.8 Å². The summed E-state index contributed by atoms with van der Waals surface area (Å²) in [5.41, 5.74) is 0.517. The van der Waals surface area contributed by atoms with Crippen molar-refractivity contribution in [3.05, 3.63) is 0 Å². The van der Waals surface area contributed by atoms with Gasteiger partial charge in [-0.25, -0.2) is 0 Å². The number of unbranched alkanes of at least 4 members (excludes halogenated alkanes) is 1. The monoisotopic (exact) mass is 297 g/mol. The summed E-state index contributed by atoms with van der Waals surface area (Å²) >= 11 is 0. The molecule has 0 aromatic carbocycles. The van der Waals surface area contributed by atoms with E-state index in [0.717, 1.165) is 19.1 Å². The van der Waals surface area contributed by atoms with E-state index in [4.69, 9.17) is 4.74 Å². The van der Waals surface area contributed by atoms with Crippen LogP contribution in [0.4, 0.5) is 0 Å². The summed E-state index contributed by atoms with van der Waals surface area (Å²) in [6, 6.07) is 0. The van der Waals surface area contributed by atoms with Crippen LogP contribution >= 0.6 is 0 Å². The molecule has 0 aromatic heterocycles. The summed E-state index contributed by atoms with van der Waals surface area (Å²) in [6.07, 6.45) is 12.5. The van der Waals surface area contributed by atoms with Crippen molar-refractivity contribution in [1.29, 1.82) is 0 Å². The Bertz CT molecular complexity index is 248. The maximum absolute atomic E-state index is 5.78. The van der Waals surface area contributed by atoms with Crippen molar-refractivity contribution in [1.82, 2.24) is 5.32 Å². The largest absolute Gasteiger partial charge is 0.378 e. The Morgan fingerprint density at radius 2 is 1.95 bits per heavy atom. The predicted molar refractivity (Wildman–Crippen MR) is 92.8 cm³/mol. The van der Waals surface area contributed by atoms with E-state index in [1.165, 1.54) is 64.3 Å². The molecule has 2 atom stereocenters. The van der Waals surface area contributed by atoms with Gasteiger partial charge in [-0.05, 0) is 56.4 Å². The molecule has 0 aliphatic carbocycles. The number of nitrogens with one attached hydrogen (secondary N) is 1. The second-order valence-corrected chi connectivity index (χ2v) is 7.51. The molecule has 2 heteroatoms. The minimum atomic E-state index is 0.517. The maximum Gasteiger partial charge on any atom is 0.0576 e. The fourth-order valence-corrected chi connectivity index (χ4v) is 3.53. The second kappa shape index (κ2) is 10.6. The normalized spacial score (nSPS) is 21.9. The third-order valence-corrected chi connectivity index (χ3v) is 5.12. The molecule has 1 aliphatic rings. The van der Waals surface area contributed by atoms with E-state index in [1.807, 2.05) is 0 Å². The van der Waals surface area contributed by atoms with Crippen molar-refractivity contribution < 1.29 is 4.74 Å². The van der Waals surface area contributed by atoms with Gasteiger partial charge in [-0.3, -0.25) is 0 Å². The first-order valence-corrected chi connectivity index (χ1v) is 9.44. The molecule has 0 aromatic rings. The lowest BCUT2D eigenvalue weighted by Gasteiger charge is -2.34. The summed E-state index contributed by atoms with van der Waals surface area (Å²) in [5, 5.41) is 3.73. The van der Waals surface area contributed by atoms with E-state index in [0.29, 0.717) is 11.5 Å². The Labute approximate surface area is 133 Å². The van der Waals surface area contributed by atoms with Crippen molar-refractivity contribution in [2.45, 2.75) is 91.6 Å². The SMILES string of the molecule is CCCCC(CC)(CCCC1CCCO1)CNCC(C)C. The van der Waals surface area contributed by atoms with E-state index in [2.05, 4.69) is 33.0 Å². The van der Waals surface area contributed by atoms with E-state index >= 15 is 0 Å². The van der Waals surface area contributed by atoms with Crippen LogP contribution in [0.5, 0.6) is 0 Å². The summed E-state index contributed by atoms with van der Waals surface area (Å²) in [7, 11) is 0. The van der Waals surface area contributed by atoms with Crippen molar-refractivity contribution >= 4 is 0 Å². The highest BCUT2D eigenvalue weighted by atomic mass is 16.5. The molecule has 1 N–H and O–H groups in total. The number of rotatable bonds is 12. The molecule has 0 saturated carbocycles. The highest BCUT2D eigenvalue weighted by molar-refractivity contribution is 4.81. The summed E-state index contributed by atoms with van der Waals surface area (Å²) in [4.78, 5) is 0. The summed E-state index contributed by atoms with van der Waals surface area (Å²) in [5.74, 6) is 0.748. The van der Waals surface area contributed by atoms with Crippen molar-refractivity contribution in [3.63, 3.8) is 0 Å². The Hall–Kier alpha value is -0.0800. The van der Waals surface area contributed by atoms with Gasteiger partial charge in [-0.15, -0.1) is 0 Å². The molecule has 1 aliphatic heterocycles. The van der Waals surface area contributed by atoms with Crippen molar-refractivity contribution in [3.8, 4) is 0 Å². The molecule has 2 nitrogen and oxygen atoms in total. The number of hydrogen-bond acceptors (Lipinski definition) is 2. The van der Waals surface area contributed by atoms with Crippen molar-refractivity contribution in [2.75, 3.05) is 19.7 Å². The first-order valence-electron chi connectivity index (χ1n) is 9.44. The van der Waals surface area contributed by atoms with Gasteiger partial charge in [0.25, 0.3) is 0 Å². The predicted octanol–water partition coefficient (Wildman–Crippen LogP) is 5.17. The molecule has 0 amide bonds. The molecule has 1 heterocycles. The van der Waals surface area contributed by atoms with Crippen LogP contribution in [0, 0.1) is 11.3 Å². The van der Waals surface area contributed by atoms with Crippen molar-refractivity contribution in [2.24, 2.45) is 11.3 Å². The maximum atomic E-state index is 5.78. The van der Waals surface area contributed by atoms with E-state index in [1.54, 1.807) is 0 Å². The van der Waals surface area contributed by atoms with Gasteiger partial charge in [0.05, 0.1) is 6.10 Å². The number of ether oxygens (including phenoxy) is 1. The lowest BCUT2D eigenvalue weighted by Crippen LogP contribution is -2.36. The van der Waals surface area contributed by atoms with Crippen LogP contribution < -0.4 is 5.32 Å². The quantitative estimate of drug-likeness (QED) is 0.536. The van der Waals surface area contributed by atoms with Gasteiger partial charge >= 0.3 is 0 Å². The van der Waals surface area contributed by atoms with Crippen LogP contribution in [0.3, 0.4) is 0 Å². The van der Waals surface area contributed by atoms with Gasteiger partial charge in [-0.1, -0.05) is 47.0 Å². The molecular formula is C19H39NO. The smallest absolute Gasteiger partial charge is 0.0576 e. The Balaban J connectivity index is 2.39. The highest BCUT2D eigenvalue weighted by Crippen LogP contribution is 2.35. The fraction of sp³-hybridized carbons (Fsp3) is 1.00. The molecule has 1 fully saturated rings. The molecule has 2 unspecified atom stereocenters. The molecular weight excluding hydrogens is 258 g/mol. The third-order valence-electron chi connectivity index (χ3n) is 5.12. The lowest BCUT2D eigenvalue weighted by molar-refractivity contribution is 0.0953. The van der Waals surface area contributed by atoms with Crippen LogP contribution in [0.15, 0.2) is 0 Å². The molecule has 126 valence electrons. The summed E-state index contributed by atoms with van der Waals surface area (Å²) < 4.78 is 5.78. The number of hydrogen-bond donors (Lipinski definition) is 1. The van der Waals surface area contributed by atoms with E-state index in [9.17, 15) is 0 Å². The first kappa shape index (κ1) is 19.0. The van der Waals surface area contributed by atoms with Gasteiger partial charge in [0, 0.05) is 13.2 Å². The standard InChI is InChI=1S/C19H39NO/c1-5-7-12-19(6-2,16-20-15-17(3)4)13-8-10-18-11-9-14-21-18/h17-18,20H,5-16H2,1-4H3. The Morgan fingerprint density at radius 3 is 2.52 bits per heavy atom. The molecule has 21 heavy (non-hydrogen) atoms. The average Bonchev–Trinajstić information content (AvgIpc) is 2.97. The summed E-state index contributed by atoms with van der Waals surface area (Å²) in [6.45, 7) is 12.6. The second-order valence-electron chi connectivity index (χ2n) is 7.51.